The highest BCUT2D eigenvalue weighted by molar-refractivity contribution is 6.33. The molecule has 2 heterocycles. The Morgan fingerprint density at radius 3 is 2.71 bits per heavy atom. The fraction of sp³-hybridized carbons (Fsp3) is 0.444. The quantitative estimate of drug-likeness (QED) is 0.834. The lowest BCUT2D eigenvalue weighted by Crippen LogP contribution is -2.48. The van der Waals surface area contributed by atoms with Crippen molar-refractivity contribution in [1.29, 1.82) is 0 Å². The molecule has 0 aliphatic carbocycles. The highest BCUT2D eigenvalue weighted by Gasteiger charge is 2.20. The van der Waals surface area contributed by atoms with Crippen LogP contribution in [0.2, 0.25) is 5.02 Å². The summed E-state index contributed by atoms with van der Waals surface area (Å²) < 4.78 is 5.75. The maximum absolute atomic E-state index is 12.3. The third-order valence-corrected chi connectivity index (χ3v) is 4.75. The summed E-state index contributed by atoms with van der Waals surface area (Å²) in [4.78, 5) is 20.9. The molecule has 0 bridgehead atoms. The van der Waals surface area contributed by atoms with E-state index in [0.29, 0.717) is 29.5 Å². The third kappa shape index (κ3) is 3.97. The van der Waals surface area contributed by atoms with Crippen LogP contribution in [-0.2, 0) is 11.2 Å². The van der Waals surface area contributed by atoms with Crippen LogP contribution < -0.4 is 0 Å². The summed E-state index contributed by atoms with van der Waals surface area (Å²) in [6.45, 7) is 6.72. The highest BCUT2D eigenvalue weighted by Crippen LogP contribution is 2.28. The van der Waals surface area contributed by atoms with Crippen LogP contribution in [0, 0.1) is 0 Å². The van der Waals surface area contributed by atoms with Gasteiger partial charge in [0.2, 0.25) is 5.91 Å². The van der Waals surface area contributed by atoms with Crippen LogP contribution in [0.3, 0.4) is 0 Å². The molecule has 1 fully saturated rings. The fourth-order valence-electron chi connectivity index (χ4n) is 2.90. The zero-order chi connectivity index (χ0) is 16.9. The first-order valence-electron chi connectivity index (χ1n) is 8.37. The summed E-state index contributed by atoms with van der Waals surface area (Å²) >= 11 is 6.17. The number of hydrogen-bond donors (Lipinski definition) is 0. The number of carbonyl (C=O) groups is 1. The first kappa shape index (κ1) is 17.0. The minimum absolute atomic E-state index is 0.170. The van der Waals surface area contributed by atoms with Gasteiger partial charge in [-0.3, -0.25) is 4.79 Å². The maximum atomic E-state index is 12.3. The minimum atomic E-state index is 0.170. The molecule has 3 rings (SSSR count). The van der Waals surface area contributed by atoms with Crippen LogP contribution in [0.15, 0.2) is 34.9 Å². The first-order valence-corrected chi connectivity index (χ1v) is 8.75. The lowest BCUT2D eigenvalue weighted by molar-refractivity contribution is -0.132. The summed E-state index contributed by atoms with van der Waals surface area (Å²) in [7, 11) is 0. The van der Waals surface area contributed by atoms with Crippen molar-refractivity contribution in [3.63, 3.8) is 0 Å². The van der Waals surface area contributed by atoms with E-state index in [0.717, 1.165) is 38.3 Å². The Morgan fingerprint density at radius 2 is 2.00 bits per heavy atom. The molecule has 1 aromatic heterocycles. The number of hydrogen-bond acceptors (Lipinski definition) is 4. The number of rotatable bonds is 5. The molecule has 2 aromatic rings. The Bertz CT molecular complexity index is 693. The normalized spacial score (nSPS) is 15.7. The van der Waals surface area contributed by atoms with E-state index in [4.69, 9.17) is 16.0 Å². The Hall–Kier alpha value is -1.85. The number of oxazole rings is 1. The van der Waals surface area contributed by atoms with Gasteiger partial charge in [0.05, 0.1) is 11.2 Å². The van der Waals surface area contributed by atoms with Gasteiger partial charge in [-0.05, 0) is 18.7 Å². The first-order chi connectivity index (χ1) is 11.7. The molecule has 0 N–H and O–H groups in total. The summed E-state index contributed by atoms with van der Waals surface area (Å²) in [5.74, 6) is 1.38. The number of likely N-dealkylation sites (N-methyl/N-ethyl adjacent to an activating group) is 1. The average Bonchev–Trinajstić information content (AvgIpc) is 3.09. The van der Waals surface area contributed by atoms with Crippen LogP contribution in [0.4, 0.5) is 0 Å². The van der Waals surface area contributed by atoms with Gasteiger partial charge in [0.15, 0.2) is 11.7 Å². The fourth-order valence-corrected chi connectivity index (χ4v) is 3.13. The predicted octanol–water partition coefficient (Wildman–Crippen LogP) is 3.09. The molecule has 0 radical (unpaired) electrons. The molecule has 0 atom stereocenters. The summed E-state index contributed by atoms with van der Waals surface area (Å²) in [6, 6.07) is 7.49. The summed E-state index contributed by atoms with van der Waals surface area (Å²) in [5, 5.41) is 0.630. The summed E-state index contributed by atoms with van der Waals surface area (Å²) in [6.07, 6.45) is 2.60. The molecule has 0 saturated carbocycles. The van der Waals surface area contributed by atoms with Crippen molar-refractivity contribution < 1.29 is 9.21 Å². The number of aryl methyl sites for hydroxylation is 1. The monoisotopic (exact) mass is 347 g/mol. The second kappa shape index (κ2) is 7.81. The van der Waals surface area contributed by atoms with Gasteiger partial charge in [-0.1, -0.05) is 30.7 Å². The van der Waals surface area contributed by atoms with E-state index in [9.17, 15) is 4.79 Å². The van der Waals surface area contributed by atoms with Crippen LogP contribution >= 0.6 is 11.6 Å². The lowest BCUT2D eigenvalue weighted by atomic mass is 10.2. The molecule has 1 aliphatic rings. The van der Waals surface area contributed by atoms with Crippen LogP contribution in [0.1, 0.15) is 19.2 Å². The van der Waals surface area contributed by atoms with E-state index >= 15 is 0 Å². The van der Waals surface area contributed by atoms with Gasteiger partial charge < -0.3 is 14.2 Å². The smallest absolute Gasteiger partial charge is 0.223 e. The van der Waals surface area contributed by atoms with Gasteiger partial charge in [0, 0.05) is 44.6 Å². The van der Waals surface area contributed by atoms with Crippen LogP contribution in [0.5, 0.6) is 0 Å². The minimum Gasteiger partial charge on any atom is -0.441 e. The zero-order valence-corrected chi connectivity index (χ0v) is 14.6. The van der Waals surface area contributed by atoms with E-state index in [1.807, 2.05) is 29.2 Å². The van der Waals surface area contributed by atoms with Gasteiger partial charge in [0.1, 0.15) is 0 Å². The number of carbonyl (C=O) groups excluding carboxylic acids is 1. The number of benzene rings is 1. The van der Waals surface area contributed by atoms with Gasteiger partial charge >= 0.3 is 0 Å². The number of amides is 1. The molecule has 1 aliphatic heterocycles. The topological polar surface area (TPSA) is 49.6 Å². The number of aromatic nitrogens is 1. The molecule has 5 nitrogen and oxygen atoms in total. The molecular weight excluding hydrogens is 326 g/mol. The van der Waals surface area contributed by atoms with Crippen LogP contribution in [-0.4, -0.2) is 53.4 Å². The Kier molecular flexibility index (Phi) is 5.53. The molecule has 24 heavy (non-hydrogen) atoms. The number of piperazine rings is 1. The standard InChI is InChI=1S/C18H22ClN3O2/c1-2-21-9-11-22(12-10-21)18(23)8-7-17-20-13-16(24-17)14-5-3-4-6-15(14)19/h3-6,13H,2,7-12H2,1H3. The van der Waals surface area contributed by atoms with E-state index in [1.165, 1.54) is 0 Å². The Labute approximate surface area is 147 Å². The van der Waals surface area contributed by atoms with Crippen molar-refractivity contribution in [1.82, 2.24) is 14.8 Å². The highest BCUT2D eigenvalue weighted by atomic mass is 35.5. The van der Waals surface area contributed by atoms with E-state index in [1.54, 1.807) is 6.20 Å². The van der Waals surface area contributed by atoms with Crippen molar-refractivity contribution >= 4 is 17.5 Å². The van der Waals surface area contributed by atoms with E-state index in [-0.39, 0.29) is 5.91 Å². The van der Waals surface area contributed by atoms with E-state index in [2.05, 4.69) is 16.8 Å². The maximum Gasteiger partial charge on any atom is 0.223 e. The van der Waals surface area contributed by atoms with E-state index < -0.39 is 0 Å². The third-order valence-electron chi connectivity index (χ3n) is 4.42. The van der Waals surface area contributed by atoms with Crippen LogP contribution in [0.25, 0.3) is 11.3 Å². The Balaban J connectivity index is 1.54. The number of halogens is 1. The molecule has 0 unspecified atom stereocenters. The molecule has 128 valence electrons. The van der Waals surface area contributed by atoms with Crippen molar-refractivity contribution in [3.05, 3.63) is 41.4 Å². The molecule has 1 saturated heterocycles. The molecular formula is C18H22ClN3O2. The molecule has 1 aromatic carbocycles. The lowest BCUT2D eigenvalue weighted by Gasteiger charge is -2.34. The summed E-state index contributed by atoms with van der Waals surface area (Å²) in [5.41, 5.74) is 0.819. The SMILES string of the molecule is CCN1CCN(C(=O)CCc2ncc(-c3ccccc3Cl)o2)CC1. The average molecular weight is 348 g/mol. The second-order valence-corrected chi connectivity index (χ2v) is 6.32. The zero-order valence-electron chi connectivity index (χ0n) is 13.9. The van der Waals surface area contributed by atoms with Gasteiger partial charge in [0.25, 0.3) is 0 Å². The van der Waals surface area contributed by atoms with Crippen molar-refractivity contribution in [2.75, 3.05) is 32.7 Å². The Morgan fingerprint density at radius 1 is 1.25 bits per heavy atom. The van der Waals surface area contributed by atoms with Crippen molar-refractivity contribution in [3.8, 4) is 11.3 Å². The van der Waals surface area contributed by atoms with Gasteiger partial charge in [-0.2, -0.15) is 0 Å². The molecule has 6 heteroatoms. The molecule has 1 amide bonds. The molecule has 0 spiro atoms. The van der Waals surface area contributed by atoms with Crippen molar-refractivity contribution in [2.45, 2.75) is 19.8 Å². The van der Waals surface area contributed by atoms with Crippen molar-refractivity contribution in [2.24, 2.45) is 0 Å². The second-order valence-electron chi connectivity index (χ2n) is 5.91. The predicted molar refractivity (Wildman–Crippen MR) is 94.0 cm³/mol. The van der Waals surface area contributed by atoms with Gasteiger partial charge in [-0.15, -0.1) is 0 Å². The number of nitrogens with zero attached hydrogens (tertiary/aromatic N) is 3. The largest absolute Gasteiger partial charge is 0.441 e. The van der Waals surface area contributed by atoms with Gasteiger partial charge in [-0.25, -0.2) is 4.98 Å².